The first-order valence-corrected chi connectivity index (χ1v) is 8.08. The molecule has 1 atom stereocenters. The summed E-state index contributed by atoms with van der Waals surface area (Å²) in [6, 6.07) is 9.01. The van der Waals surface area contributed by atoms with E-state index in [-0.39, 0.29) is 5.54 Å². The molecule has 0 saturated heterocycles. The van der Waals surface area contributed by atoms with Crippen molar-refractivity contribution in [2.45, 2.75) is 37.8 Å². The van der Waals surface area contributed by atoms with Gasteiger partial charge in [0.2, 0.25) is 0 Å². The molecule has 1 N–H and O–H groups in total. The van der Waals surface area contributed by atoms with Crippen LogP contribution in [0.3, 0.4) is 0 Å². The van der Waals surface area contributed by atoms with Crippen molar-refractivity contribution in [1.82, 2.24) is 10.3 Å². The molecule has 0 amide bonds. The van der Waals surface area contributed by atoms with E-state index in [1.54, 1.807) is 11.3 Å². The molecule has 0 bridgehead atoms. The summed E-state index contributed by atoms with van der Waals surface area (Å²) in [5.41, 5.74) is 2.19. The summed E-state index contributed by atoms with van der Waals surface area (Å²) >= 11 is 1.76. The summed E-state index contributed by atoms with van der Waals surface area (Å²) in [6.45, 7) is 2.81. The van der Waals surface area contributed by atoms with Crippen molar-refractivity contribution in [3.05, 3.63) is 45.9 Å². The summed E-state index contributed by atoms with van der Waals surface area (Å²) in [6.07, 6.45) is 3.50. The molecule has 4 heteroatoms. The average Bonchev–Trinajstić information content (AvgIpc) is 3.17. The predicted molar refractivity (Wildman–Crippen MR) is 80.3 cm³/mol. The van der Waals surface area contributed by atoms with Crippen LogP contribution in [0.1, 0.15) is 35.5 Å². The Hall–Kier alpha value is -1.39. The van der Waals surface area contributed by atoms with Crippen LogP contribution in [0.2, 0.25) is 0 Å². The number of fused-ring (bicyclic) bond motifs is 1. The molecule has 2 heterocycles. The Balaban J connectivity index is 1.87. The Kier molecular flexibility index (Phi) is 2.82. The molecule has 3 nitrogen and oxygen atoms in total. The molecule has 0 radical (unpaired) electrons. The van der Waals surface area contributed by atoms with Gasteiger partial charge in [0.05, 0.1) is 6.61 Å². The third kappa shape index (κ3) is 1.95. The van der Waals surface area contributed by atoms with Gasteiger partial charge in [-0.1, -0.05) is 18.2 Å². The predicted octanol–water partition coefficient (Wildman–Crippen LogP) is 3.23. The van der Waals surface area contributed by atoms with Crippen molar-refractivity contribution in [2.24, 2.45) is 0 Å². The number of hydrogen-bond acceptors (Lipinski definition) is 4. The van der Waals surface area contributed by atoms with E-state index in [4.69, 9.17) is 9.72 Å². The number of thiazole rings is 1. The van der Waals surface area contributed by atoms with Crippen LogP contribution in [0.5, 0.6) is 5.75 Å². The number of hydrogen-bond donors (Lipinski definition) is 1. The van der Waals surface area contributed by atoms with E-state index in [1.807, 2.05) is 6.07 Å². The smallest absolute Gasteiger partial charge is 0.124 e. The van der Waals surface area contributed by atoms with Gasteiger partial charge in [0, 0.05) is 29.1 Å². The quantitative estimate of drug-likeness (QED) is 0.940. The van der Waals surface area contributed by atoms with Gasteiger partial charge in [-0.2, -0.15) is 0 Å². The first-order chi connectivity index (χ1) is 9.78. The first kappa shape index (κ1) is 12.4. The molecular weight excluding hydrogens is 268 g/mol. The number of aromatic nitrogens is 1. The van der Waals surface area contributed by atoms with Gasteiger partial charge >= 0.3 is 0 Å². The molecule has 1 aliphatic heterocycles. The lowest BCUT2D eigenvalue weighted by molar-refractivity contribution is 0.209. The SMILES string of the molecule is Cc1csc(C2(NC3CC3)CCOc3ccccc32)n1. The van der Waals surface area contributed by atoms with Crippen LogP contribution in [-0.4, -0.2) is 17.6 Å². The van der Waals surface area contributed by atoms with E-state index >= 15 is 0 Å². The van der Waals surface area contributed by atoms with Crippen LogP contribution in [0, 0.1) is 6.92 Å². The highest BCUT2D eigenvalue weighted by Crippen LogP contribution is 2.44. The maximum atomic E-state index is 5.85. The fraction of sp³-hybridized carbons (Fsp3) is 0.438. The fourth-order valence-electron chi connectivity index (χ4n) is 2.95. The summed E-state index contributed by atoms with van der Waals surface area (Å²) in [5.74, 6) is 1.000. The van der Waals surface area contributed by atoms with Crippen molar-refractivity contribution in [3.8, 4) is 5.75 Å². The van der Waals surface area contributed by atoms with Crippen molar-refractivity contribution >= 4 is 11.3 Å². The van der Waals surface area contributed by atoms with Gasteiger partial charge in [0.25, 0.3) is 0 Å². The van der Waals surface area contributed by atoms with Gasteiger partial charge < -0.3 is 4.74 Å². The highest BCUT2D eigenvalue weighted by atomic mass is 32.1. The minimum Gasteiger partial charge on any atom is -0.493 e. The van der Waals surface area contributed by atoms with Gasteiger partial charge in [0.15, 0.2) is 0 Å². The molecule has 1 unspecified atom stereocenters. The molecule has 1 aromatic carbocycles. The van der Waals surface area contributed by atoms with Crippen LogP contribution in [0.15, 0.2) is 29.6 Å². The van der Waals surface area contributed by atoms with E-state index in [1.165, 1.54) is 23.4 Å². The zero-order valence-electron chi connectivity index (χ0n) is 11.6. The molecule has 1 fully saturated rings. The fourth-order valence-corrected chi connectivity index (χ4v) is 3.96. The normalized spacial score (nSPS) is 25.1. The Bertz CT molecular complexity index is 635. The highest BCUT2D eigenvalue weighted by Gasteiger charge is 2.44. The van der Waals surface area contributed by atoms with Crippen LogP contribution in [0.25, 0.3) is 0 Å². The Morgan fingerprint density at radius 2 is 2.20 bits per heavy atom. The second-order valence-corrected chi connectivity index (χ2v) is 6.57. The monoisotopic (exact) mass is 286 g/mol. The van der Waals surface area contributed by atoms with Gasteiger partial charge in [0.1, 0.15) is 16.3 Å². The molecule has 0 spiro atoms. The van der Waals surface area contributed by atoms with E-state index in [0.717, 1.165) is 24.5 Å². The number of aryl methyl sites for hydroxylation is 1. The van der Waals surface area contributed by atoms with Crippen molar-refractivity contribution in [2.75, 3.05) is 6.61 Å². The topological polar surface area (TPSA) is 34.1 Å². The maximum Gasteiger partial charge on any atom is 0.124 e. The number of nitrogens with zero attached hydrogens (tertiary/aromatic N) is 1. The van der Waals surface area contributed by atoms with Crippen molar-refractivity contribution in [3.63, 3.8) is 0 Å². The lowest BCUT2D eigenvalue weighted by Gasteiger charge is -2.38. The number of para-hydroxylation sites is 1. The third-order valence-corrected chi connectivity index (χ3v) is 5.22. The summed E-state index contributed by atoms with van der Waals surface area (Å²) in [7, 11) is 0. The number of rotatable bonds is 3. The average molecular weight is 286 g/mol. The van der Waals surface area contributed by atoms with Crippen molar-refractivity contribution in [1.29, 1.82) is 0 Å². The standard InChI is InChI=1S/C16H18N2OS/c1-11-10-20-15(17-11)16(18-12-6-7-12)8-9-19-14-5-3-2-4-13(14)16/h2-5,10,12,18H,6-9H2,1H3. The van der Waals surface area contributed by atoms with Gasteiger partial charge in [-0.05, 0) is 25.8 Å². The lowest BCUT2D eigenvalue weighted by Crippen LogP contribution is -2.48. The second kappa shape index (κ2) is 4.57. The van der Waals surface area contributed by atoms with Crippen LogP contribution < -0.4 is 10.1 Å². The molecule has 2 aromatic rings. The molecule has 1 saturated carbocycles. The van der Waals surface area contributed by atoms with Crippen LogP contribution in [-0.2, 0) is 5.54 Å². The zero-order chi connectivity index (χ0) is 13.6. The zero-order valence-corrected chi connectivity index (χ0v) is 12.4. The van der Waals surface area contributed by atoms with Gasteiger partial charge in [-0.25, -0.2) is 4.98 Å². The Morgan fingerprint density at radius 1 is 1.35 bits per heavy atom. The maximum absolute atomic E-state index is 5.85. The largest absolute Gasteiger partial charge is 0.493 e. The van der Waals surface area contributed by atoms with Crippen molar-refractivity contribution < 1.29 is 4.74 Å². The second-order valence-electron chi connectivity index (χ2n) is 5.71. The minimum atomic E-state index is -0.158. The molecule has 1 aromatic heterocycles. The van der Waals surface area contributed by atoms with E-state index in [2.05, 4.69) is 35.8 Å². The van der Waals surface area contributed by atoms with E-state index < -0.39 is 0 Å². The Labute approximate surface area is 123 Å². The van der Waals surface area contributed by atoms with E-state index in [0.29, 0.717) is 6.04 Å². The number of benzene rings is 1. The number of ether oxygens (including phenoxy) is 1. The van der Waals surface area contributed by atoms with Gasteiger partial charge in [-0.3, -0.25) is 5.32 Å². The van der Waals surface area contributed by atoms with Gasteiger partial charge in [-0.15, -0.1) is 11.3 Å². The number of nitrogens with one attached hydrogen (secondary N) is 1. The molecular formula is C16H18N2OS. The molecule has 104 valence electrons. The van der Waals surface area contributed by atoms with E-state index in [9.17, 15) is 0 Å². The third-order valence-electron chi connectivity index (χ3n) is 4.09. The minimum absolute atomic E-state index is 0.158. The summed E-state index contributed by atoms with van der Waals surface area (Å²) in [5, 5.41) is 7.18. The first-order valence-electron chi connectivity index (χ1n) is 7.20. The Morgan fingerprint density at radius 3 is 2.95 bits per heavy atom. The van der Waals surface area contributed by atoms with Crippen LogP contribution >= 0.6 is 11.3 Å². The van der Waals surface area contributed by atoms with Crippen LogP contribution in [0.4, 0.5) is 0 Å². The molecule has 2 aliphatic rings. The lowest BCUT2D eigenvalue weighted by atomic mass is 9.84. The molecule has 20 heavy (non-hydrogen) atoms. The summed E-state index contributed by atoms with van der Waals surface area (Å²) < 4.78 is 5.85. The summed E-state index contributed by atoms with van der Waals surface area (Å²) in [4.78, 5) is 4.79. The molecule has 1 aliphatic carbocycles. The molecule has 4 rings (SSSR count). The highest BCUT2D eigenvalue weighted by molar-refractivity contribution is 7.09.